The van der Waals surface area contributed by atoms with Crippen molar-refractivity contribution in [1.82, 2.24) is 0 Å². The van der Waals surface area contributed by atoms with Gasteiger partial charge in [-0.1, -0.05) is 106 Å². The monoisotopic (exact) mass is 398 g/mol. The third-order valence-electron chi connectivity index (χ3n) is 7.76. The van der Waals surface area contributed by atoms with E-state index in [9.17, 15) is 0 Å². The van der Waals surface area contributed by atoms with E-state index in [-0.39, 0.29) is 5.41 Å². The molecular formula is C30H38. The number of fused-ring (bicyclic) bond motifs is 1. The van der Waals surface area contributed by atoms with Crippen molar-refractivity contribution in [2.24, 2.45) is 11.3 Å². The van der Waals surface area contributed by atoms with Gasteiger partial charge in [0, 0.05) is 5.41 Å². The summed E-state index contributed by atoms with van der Waals surface area (Å²) in [6.45, 7) is 9.31. The molecule has 0 aromatic heterocycles. The van der Waals surface area contributed by atoms with Crippen molar-refractivity contribution in [1.29, 1.82) is 0 Å². The molecule has 30 heavy (non-hydrogen) atoms. The molecule has 2 atom stereocenters. The minimum Gasteiger partial charge on any atom is -0.0943 e. The Bertz CT molecular complexity index is 883. The van der Waals surface area contributed by atoms with Crippen molar-refractivity contribution in [3.05, 3.63) is 83.4 Å². The molecule has 2 aromatic rings. The van der Waals surface area contributed by atoms with Crippen LogP contribution in [0.4, 0.5) is 0 Å². The van der Waals surface area contributed by atoms with E-state index < -0.39 is 0 Å². The molecule has 2 aromatic carbocycles. The SMILES string of the molecule is C=C(c1ccc(CC)cc1)[C@@]12CCC[C@@H]1CC(CCCCCC)=C2c1ccccc1. The summed E-state index contributed by atoms with van der Waals surface area (Å²) in [6.07, 6.45) is 12.9. The number of hydrogen-bond donors (Lipinski definition) is 0. The van der Waals surface area contributed by atoms with Crippen LogP contribution in [0, 0.1) is 11.3 Å². The minimum absolute atomic E-state index is 0.134. The van der Waals surface area contributed by atoms with Crippen LogP contribution in [0.3, 0.4) is 0 Å². The van der Waals surface area contributed by atoms with Crippen molar-refractivity contribution < 1.29 is 0 Å². The van der Waals surface area contributed by atoms with E-state index in [0.29, 0.717) is 0 Å². The van der Waals surface area contributed by atoms with Crippen molar-refractivity contribution >= 4 is 11.1 Å². The number of aryl methyl sites for hydroxylation is 1. The van der Waals surface area contributed by atoms with Crippen LogP contribution in [-0.4, -0.2) is 0 Å². The number of rotatable bonds is 9. The zero-order chi connectivity index (χ0) is 21.0. The first-order chi connectivity index (χ1) is 14.7. The Hall–Kier alpha value is -2.08. The van der Waals surface area contributed by atoms with Crippen molar-refractivity contribution in [2.45, 2.75) is 78.1 Å². The highest BCUT2D eigenvalue weighted by atomic mass is 14.6. The van der Waals surface area contributed by atoms with Crippen LogP contribution in [0.1, 0.15) is 88.3 Å². The lowest BCUT2D eigenvalue weighted by atomic mass is 9.66. The summed E-state index contributed by atoms with van der Waals surface area (Å²) in [5.74, 6) is 0.729. The van der Waals surface area contributed by atoms with Gasteiger partial charge >= 0.3 is 0 Å². The van der Waals surface area contributed by atoms with Gasteiger partial charge in [-0.05, 0) is 72.3 Å². The molecule has 0 aliphatic heterocycles. The van der Waals surface area contributed by atoms with Gasteiger partial charge in [0.1, 0.15) is 0 Å². The Balaban J connectivity index is 1.75. The number of hydrogen-bond acceptors (Lipinski definition) is 0. The lowest BCUT2D eigenvalue weighted by molar-refractivity contribution is 0.406. The third kappa shape index (κ3) is 3.82. The molecule has 1 saturated carbocycles. The topological polar surface area (TPSA) is 0 Å². The third-order valence-corrected chi connectivity index (χ3v) is 7.76. The summed E-state index contributed by atoms with van der Waals surface area (Å²) in [6, 6.07) is 20.5. The van der Waals surface area contributed by atoms with E-state index in [2.05, 4.69) is 68.4 Å². The first-order valence-electron chi connectivity index (χ1n) is 12.3. The Morgan fingerprint density at radius 3 is 2.43 bits per heavy atom. The highest BCUT2D eigenvalue weighted by Gasteiger charge is 2.52. The molecule has 0 nitrogen and oxygen atoms in total. The molecule has 2 aliphatic rings. The smallest absolute Gasteiger partial charge is 0.0239 e. The quantitative estimate of drug-likeness (QED) is 0.370. The molecule has 0 N–H and O–H groups in total. The molecule has 4 rings (SSSR count). The summed E-state index contributed by atoms with van der Waals surface area (Å²) in [5, 5.41) is 0. The largest absolute Gasteiger partial charge is 0.0943 e. The predicted molar refractivity (Wildman–Crippen MR) is 131 cm³/mol. The molecule has 1 fully saturated rings. The van der Waals surface area contributed by atoms with Crippen LogP contribution < -0.4 is 0 Å². The molecule has 158 valence electrons. The average molecular weight is 399 g/mol. The second-order valence-electron chi connectivity index (χ2n) is 9.45. The van der Waals surface area contributed by atoms with Gasteiger partial charge in [-0.25, -0.2) is 0 Å². The molecule has 2 aliphatic carbocycles. The van der Waals surface area contributed by atoms with Crippen molar-refractivity contribution in [2.75, 3.05) is 0 Å². The fourth-order valence-electron chi connectivity index (χ4n) is 6.20. The normalized spacial score (nSPS) is 23.1. The maximum absolute atomic E-state index is 4.78. The molecule has 0 heteroatoms. The van der Waals surface area contributed by atoms with E-state index in [1.165, 1.54) is 80.1 Å². The summed E-state index contributed by atoms with van der Waals surface area (Å²) < 4.78 is 0. The number of unbranched alkanes of at least 4 members (excludes halogenated alkanes) is 3. The van der Waals surface area contributed by atoms with Gasteiger partial charge in [-0.3, -0.25) is 0 Å². The molecule has 0 saturated heterocycles. The molecule has 0 heterocycles. The Labute approximate surface area is 184 Å². The van der Waals surface area contributed by atoms with Crippen LogP contribution in [0.15, 0.2) is 66.7 Å². The van der Waals surface area contributed by atoms with Crippen LogP contribution in [0.2, 0.25) is 0 Å². The minimum atomic E-state index is 0.134. The molecule has 0 unspecified atom stereocenters. The summed E-state index contributed by atoms with van der Waals surface area (Å²) in [5.41, 5.74) is 9.08. The second kappa shape index (κ2) is 9.38. The van der Waals surface area contributed by atoms with Gasteiger partial charge in [0.15, 0.2) is 0 Å². The fourth-order valence-corrected chi connectivity index (χ4v) is 6.20. The van der Waals surface area contributed by atoms with E-state index in [1.807, 2.05) is 0 Å². The van der Waals surface area contributed by atoms with E-state index in [0.717, 1.165) is 12.3 Å². The highest BCUT2D eigenvalue weighted by Crippen LogP contribution is 2.66. The average Bonchev–Trinajstić information content (AvgIpc) is 3.33. The van der Waals surface area contributed by atoms with E-state index in [4.69, 9.17) is 6.58 Å². The van der Waals surface area contributed by atoms with E-state index >= 15 is 0 Å². The fraction of sp³-hybridized carbons (Fsp3) is 0.467. The molecule has 0 amide bonds. The van der Waals surface area contributed by atoms with Crippen LogP contribution in [0.25, 0.3) is 11.1 Å². The molecule has 0 bridgehead atoms. The number of allylic oxidation sites excluding steroid dienone is 3. The zero-order valence-corrected chi connectivity index (χ0v) is 19.1. The lowest BCUT2D eigenvalue weighted by Gasteiger charge is -2.36. The predicted octanol–water partition coefficient (Wildman–Crippen LogP) is 8.88. The summed E-state index contributed by atoms with van der Waals surface area (Å²) >= 11 is 0. The standard InChI is InChI=1S/C30H38/c1-4-6-7-9-15-27-22-28-16-12-21-30(28,29(27)26-13-10-8-11-14-26)23(3)25-19-17-24(5-2)18-20-25/h8,10-11,13-14,17-20,28H,3-7,9,12,15-16,21-22H2,1-2H3/t28-,30+/m1/s1. The maximum atomic E-state index is 4.78. The van der Waals surface area contributed by atoms with Crippen molar-refractivity contribution in [3.63, 3.8) is 0 Å². The highest BCUT2D eigenvalue weighted by molar-refractivity contribution is 5.90. The van der Waals surface area contributed by atoms with Crippen LogP contribution >= 0.6 is 0 Å². The van der Waals surface area contributed by atoms with Gasteiger partial charge in [-0.2, -0.15) is 0 Å². The Kier molecular flexibility index (Phi) is 6.61. The van der Waals surface area contributed by atoms with Gasteiger partial charge in [-0.15, -0.1) is 0 Å². The molecule has 0 spiro atoms. The summed E-state index contributed by atoms with van der Waals surface area (Å²) in [7, 11) is 0. The molecule has 0 radical (unpaired) electrons. The maximum Gasteiger partial charge on any atom is 0.0239 e. The Morgan fingerprint density at radius 2 is 1.73 bits per heavy atom. The van der Waals surface area contributed by atoms with Crippen LogP contribution in [0.5, 0.6) is 0 Å². The first-order valence-corrected chi connectivity index (χ1v) is 12.3. The number of benzene rings is 2. The van der Waals surface area contributed by atoms with E-state index in [1.54, 1.807) is 11.1 Å². The first kappa shape index (κ1) is 21.2. The van der Waals surface area contributed by atoms with Gasteiger partial charge in [0.25, 0.3) is 0 Å². The second-order valence-corrected chi connectivity index (χ2v) is 9.45. The van der Waals surface area contributed by atoms with Crippen molar-refractivity contribution in [3.8, 4) is 0 Å². The van der Waals surface area contributed by atoms with Gasteiger partial charge in [0.2, 0.25) is 0 Å². The van der Waals surface area contributed by atoms with Gasteiger partial charge < -0.3 is 0 Å². The van der Waals surface area contributed by atoms with Gasteiger partial charge in [0.05, 0.1) is 0 Å². The molecular weight excluding hydrogens is 360 g/mol. The zero-order valence-electron chi connectivity index (χ0n) is 19.1. The van der Waals surface area contributed by atoms with Crippen LogP contribution in [-0.2, 0) is 6.42 Å². The Morgan fingerprint density at radius 1 is 0.967 bits per heavy atom. The lowest BCUT2D eigenvalue weighted by Crippen LogP contribution is -2.24. The summed E-state index contributed by atoms with van der Waals surface area (Å²) in [4.78, 5) is 0.